The molecular weight excluding hydrogens is 1670 g/mol. The third kappa shape index (κ3) is 50.4. The molecule has 26 heteroatoms. The van der Waals surface area contributed by atoms with E-state index in [1.165, 1.54) is 76.6 Å². The van der Waals surface area contributed by atoms with E-state index in [0.29, 0.717) is 106 Å². The van der Waals surface area contributed by atoms with E-state index in [1.807, 2.05) is 105 Å². The Hall–Kier alpha value is -8.50. The van der Waals surface area contributed by atoms with Crippen LogP contribution in [0.5, 0.6) is 0 Å². The van der Waals surface area contributed by atoms with Crippen molar-refractivity contribution in [2.75, 3.05) is 150 Å². The molecule has 0 aromatic heterocycles. The smallest absolute Gasteiger partial charge is 0.323 e. The number of aliphatic hydroxyl groups is 6. The monoisotopic (exact) mass is 1830 g/mol. The van der Waals surface area contributed by atoms with Gasteiger partial charge in [0, 0.05) is 123 Å². The summed E-state index contributed by atoms with van der Waals surface area (Å²) < 4.78 is 75.3. The number of urea groups is 2. The molecule has 2 heterocycles. The predicted octanol–water partition coefficient (Wildman–Crippen LogP) is 17.9. The first-order chi connectivity index (χ1) is 63.9. The second-order valence-electron chi connectivity index (χ2n) is 31.3. The van der Waals surface area contributed by atoms with Gasteiger partial charge in [0.25, 0.3) is 0 Å². The maximum Gasteiger partial charge on any atom is 0.323 e. The number of aliphatic hydroxyl groups excluding tert-OH is 6. The summed E-state index contributed by atoms with van der Waals surface area (Å²) >= 11 is 0. The fourth-order valence-electron chi connectivity index (χ4n) is 13.5. The highest BCUT2D eigenvalue weighted by atomic mass is 16.5. The number of hydrogen-bond donors (Lipinski definition) is 6. The highest BCUT2D eigenvalue weighted by molar-refractivity contribution is 5.75. The zero-order chi connectivity index (χ0) is 95.7. The zero-order valence-corrected chi connectivity index (χ0v) is 81.2. The van der Waals surface area contributed by atoms with Gasteiger partial charge < -0.3 is 117 Å². The summed E-state index contributed by atoms with van der Waals surface area (Å²) in [5.41, 5.74) is 22.4. The highest BCUT2D eigenvalue weighted by Gasteiger charge is 2.26. The van der Waals surface area contributed by atoms with Crippen LogP contribution in [-0.2, 0) is 178 Å². The van der Waals surface area contributed by atoms with Gasteiger partial charge in [-0.3, -0.25) is 0 Å². The third-order valence-corrected chi connectivity index (χ3v) is 20.2. The lowest BCUT2D eigenvalue weighted by molar-refractivity contribution is 0.0166. The first-order valence-electron chi connectivity index (χ1n) is 45.9. The van der Waals surface area contributed by atoms with Crippen LogP contribution in [-0.4, -0.2) is 212 Å². The summed E-state index contributed by atoms with van der Waals surface area (Å²) in [7, 11) is 13.3. The van der Waals surface area contributed by atoms with Gasteiger partial charge in [0.1, 0.15) is 26.9 Å². The van der Waals surface area contributed by atoms with Crippen LogP contribution in [0, 0.1) is 0 Å². The Morgan fingerprint density at radius 3 is 0.756 bits per heavy atom. The molecule has 2 aliphatic heterocycles. The van der Waals surface area contributed by atoms with Gasteiger partial charge in [-0.05, 0) is 194 Å². The Balaban J connectivity index is 0.000000403. The number of hydrogen-bond acceptors (Lipinski definition) is 22. The Labute approximate surface area is 782 Å². The molecule has 0 spiro atoms. The third-order valence-electron chi connectivity index (χ3n) is 20.2. The molecule has 2 aliphatic rings. The minimum Gasteiger partial charge on any atom is -0.392 e. The Morgan fingerprint density at radius 1 is 0.260 bits per heavy atom. The largest absolute Gasteiger partial charge is 0.392 e. The molecule has 0 aliphatic carbocycles. The van der Waals surface area contributed by atoms with Crippen molar-refractivity contribution in [3.05, 3.63) is 270 Å². The number of ether oxygens (including phenoxy) is 14. The molecule has 131 heavy (non-hydrogen) atoms. The van der Waals surface area contributed by atoms with Gasteiger partial charge >= 0.3 is 12.1 Å². The van der Waals surface area contributed by atoms with Crippen LogP contribution >= 0.6 is 0 Å². The molecule has 4 amide bonds. The molecule has 2 fully saturated rings. The van der Waals surface area contributed by atoms with E-state index < -0.39 is 0 Å². The van der Waals surface area contributed by atoms with E-state index in [4.69, 9.17) is 97.0 Å². The number of unbranched alkanes of at least 4 members (excludes halogenated alkanes) is 4. The van der Waals surface area contributed by atoms with Gasteiger partial charge in [0.05, 0.1) is 106 Å². The molecule has 730 valence electrons. The molecule has 26 nitrogen and oxygen atoms in total. The fourth-order valence-corrected chi connectivity index (χ4v) is 13.5. The van der Waals surface area contributed by atoms with Crippen LogP contribution in [0.4, 0.5) is 9.59 Å². The van der Waals surface area contributed by atoms with Gasteiger partial charge in [0.15, 0.2) is 0 Å². The van der Waals surface area contributed by atoms with Crippen LogP contribution in [0.1, 0.15) is 206 Å². The number of benzene rings is 8. The van der Waals surface area contributed by atoms with Crippen LogP contribution in [0.2, 0.25) is 0 Å². The molecule has 0 atom stereocenters. The quantitative estimate of drug-likeness (QED) is 0.0193. The van der Waals surface area contributed by atoms with Gasteiger partial charge in [-0.15, -0.1) is 0 Å². The summed E-state index contributed by atoms with van der Waals surface area (Å²) in [6, 6.07) is 57.0. The van der Waals surface area contributed by atoms with Crippen molar-refractivity contribution in [3.63, 3.8) is 0 Å². The molecule has 0 radical (unpaired) electrons. The number of rotatable bonds is 51. The standard InChI is InChI=1S/C32H50O4.C15H16O2.C14H22O4.C12H18O2.C10H14O2.C8H16N2O3.C8H10O2.C6H12N2O3/c1-5-9-13-33-23-27-17-28(24-34-14-10-6-2)20-31(19-27)32-21-29(25-35-15-11-7-3)18-30(22-32)26-36-16-12-8-4;16-10-14-5-1-3-12(8-14)7-13-4-2-6-15(9-13)11-17;1-15-7-11-5-13(9-17-3)14(10-18-4)6-12(11)8-16-2;1-3-13-9-11-6-5-7-12(8-11)10-14-4-2;1-11-7-9-4-3-5-10(6-9)8-12-2;1-12-6-9-4-3-5-10(7-13-2)8(9)11;9-5-7-2-1-3-8(4-7)6-10;9-4-7-2-1-3-8(5-10)6(7)11/h17-22H,5-16,23-26H2,1-4H3;1-6,8-9,16-17H,7,10-11H2;5-6H,7-10H2,1-4H3;5-8H,3-4,9-10H2,1-2H3;3-6H,7-8H2,1-2H3;3-7H2,1-2H3;1-4,9-10H,5-6H2;9-10H,1-5H2. The minimum atomic E-state index is -0.291. The molecule has 0 bridgehead atoms. The molecular formula is C105H158N4O22. The van der Waals surface area contributed by atoms with Crippen LogP contribution in [0.3, 0.4) is 0 Å². The normalized spacial score (nSPS) is 12.2. The number of nitrogens with zero attached hydrogens (tertiary/aromatic N) is 4. The molecule has 8 aromatic rings. The van der Waals surface area contributed by atoms with Gasteiger partial charge in [-0.1, -0.05) is 199 Å². The molecule has 10 rings (SSSR count). The molecule has 6 N–H and O–H groups in total. The summed E-state index contributed by atoms with van der Waals surface area (Å²) in [5, 5.41) is 52.8. The number of carbonyl (C=O) groups excluding carboxylic acids is 2. The first kappa shape index (κ1) is 117. The topological polar surface area (TPSA) is 298 Å². The Bertz CT molecular complexity index is 3890. The van der Waals surface area contributed by atoms with E-state index in [1.54, 1.807) is 72.7 Å². The van der Waals surface area contributed by atoms with E-state index in [0.717, 1.165) is 168 Å². The van der Waals surface area contributed by atoms with Crippen molar-refractivity contribution in [2.24, 2.45) is 0 Å². The van der Waals surface area contributed by atoms with Crippen LogP contribution in [0.15, 0.2) is 170 Å². The van der Waals surface area contributed by atoms with Crippen molar-refractivity contribution in [1.29, 1.82) is 0 Å². The zero-order valence-electron chi connectivity index (χ0n) is 81.2. The average molecular weight is 1830 g/mol. The molecule has 0 unspecified atom stereocenters. The van der Waals surface area contributed by atoms with E-state index in [2.05, 4.69) is 100 Å². The van der Waals surface area contributed by atoms with Crippen LogP contribution < -0.4 is 0 Å². The van der Waals surface area contributed by atoms with Crippen molar-refractivity contribution >= 4 is 12.1 Å². The summed E-state index contributed by atoms with van der Waals surface area (Å²) in [5.74, 6) is 0. The number of carbonyl (C=O) groups is 2. The maximum absolute atomic E-state index is 11.6. The minimum absolute atomic E-state index is 0.00468. The lowest BCUT2D eigenvalue weighted by atomic mass is 9.96. The van der Waals surface area contributed by atoms with E-state index in [9.17, 15) is 9.59 Å². The van der Waals surface area contributed by atoms with Crippen molar-refractivity contribution < 1.29 is 107 Å². The first-order valence-corrected chi connectivity index (χ1v) is 45.9. The Kier molecular flexibility index (Phi) is 67.6. The van der Waals surface area contributed by atoms with Gasteiger partial charge in [0.2, 0.25) is 0 Å². The van der Waals surface area contributed by atoms with Crippen molar-refractivity contribution in [3.8, 4) is 11.1 Å². The summed E-state index contributed by atoms with van der Waals surface area (Å²) in [6.07, 6.45) is 11.5. The van der Waals surface area contributed by atoms with Crippen molar-refractivity contribution in [1.82, 2.24) is 19.6 Å². The highest BCUT2D eigenvalue weighted by Crippen LogP contribution is 2.29. The SMILES string of the molecule is CCCCOCc1cc(COCCCC)cc(-c2cc(COCCCC)cc(COCCCC)c2)c1.CCOCc1cccc(COCC)c1.COCN1CCCN(COC)C1=O.COCc1cc(COC)c(COC)cc1COC.COCc1cccc(COC)c1.O=C1N(CO)CCCN1CO.OCc1cccc(CO)c1.OCc1cccc(Cc2cccc(CO)c2)c1. The second-order valence-corrected chi connectivity index (χ2v) is 31.3. The van der Waals surface area contributed by atoms with E-state index >= 15 is 0 Å². The summed E-state index contributed by atoms with van der Waals surface area (Å²) in [6.45, 7) is 28.1. The second kappa shape index (κ2) is 75.9. The lowest BCUT2D eigenvalue weighted by Gasteiger charge is -2.34. The molecule has 8 aromatic carbocycles. The number of amides is 4. The number of methoxy groups -OCH3 is 8. The van der Waals surface area contributed by atoms with E-state index in [-0.39, 0.29) is 52.0 Å². The van der Waals surface area contributed by atoms with Gasteiger partial charge in [-0.25, -0.2) is 9.59 Å². The Morgan fingerprint density at radius 2 is 0.496 bits per heavy atom. The van der Waals surface area contributed by atoms with Crippen LogP contribution in [0.25, 0.3) is 11.1 Å². The van der Waals surface area contributed by atoms with Gasteiger partial charge in [-0.2, -0.15) is 0 Å². The fraction of sp³-hybridized carbons (Fsp3) is 0.524. The lowest BCUT2D eigenvalue weighted by Crippen LogP contribution is -2.50. The van der Waals surface area contributed by atoms with Crippen molar-refractivity contribution in [2.45, 2.75) is 218 Å². The summed E-state index contributed by atoms with van der Waals surface area (Å²) in [4.78, 5) is 28.6. The average Bonchev–Trinajstić information content (AvgIpc) is 0.862. The predicted molar refractivity (Wildman–Crippen MR) is 515 cm³/mol. The maximum atomic E-state index is 11.6. The molecule has 2 saturated heterocycles. The molecule has 0 saturated carbocycles.